The largest absolute Gasteiger partial charge is 0.341 e. The van der Waals surface area contributed by atoms with Crippen LogP contribution in [0.2, 0.25) is 0 Å². The average molecular weight is 230 g/mol. The number of hydrogen-bond acceptors (Lipinski definition) is 3. The molecule has 0 aromatic carbocycles. The standard InChI is InChI=1S/C11H22N2OS/c1-9(8-15-3)13(2)11(14)10-6-4-5-7-12-10/h9-10,12H,4-8H2,1-3H3. The molecule has 0 aromatic heterocycles. The minimum Gasteiger partial charge on any atom is -0.341 e. The van der Waals surface area contributed by atoms with E-state index in [1.807, 2.05) is 11.9 Å². The third kappa shape index (κ3) is 3.68. The lowest BCUT2D eigenvalue weighted by Crippen LogP contribution is -2.50. The van der Waals surface area contributed by atoms with Gasteiger partial charge in [-0.1, -0.05) is 6.42 Å². The summed E-state index contributed by atoms with van der Waals surface area (Å²) in [4.78, 5) is 14.0. The number of rotatable bonds is 4. The SMILES string of the molecule is CSCC(C)N(C)C(=O)C1CCCCN1. The number of nitrogens with one attached hydrogen (secondary N) is 1. The van der Waals surface area contributed by atoms with Crippen molar-refractivity contribution in [2.24, 2.45) is 0 Å². The maximum absolute atomic E-state index is 12.1. The molecule has 2 atom stereocenters. The zero-order chi connectivity index (χ0) is 11.3. The van der Waals surface area contributed by atoms with Gasteiger partial charge in [0.2, 0.25) is 5.91 Å². The Bertz CT molecular complexity index is 205. The maximum atomic E-state index is 12.1. The molecule has 88 valence electrons. The predicted molar refractivity (Wildman–Crippen MR) is 66.3 cm³/mol. The summed E-state index contributed by atoms with van der Waals surface area (Å²) in [5, 5.41) is 3.30. The van der Waals surface area contributed by atoms with Crippen LogP contribution < -0.4 is 5.32 Å². The van der Waals surface area contributed by atoms with E-state index in [0.717, 1.165) is 18.7 Å². The molecule has 0 spiro atoms. The molecule has 0 radical (unpaired) electrons. The van der Waals surface area contributed by atoms with Gasteiger partial charge in [-0.2, -0.15) is 11.8 Å². The van der Waals surface area contributed by atoms with Crippen molar-refractivity contribution in [3.05, 3.63) is 0 Å². The fourth-order valence-electron chi connectivity index (χ4n) is 1.88. The highest BCUT2D eigenvalue weighted by atomic mass is 32.2. The molecular weight excluding hydrogens is 208 g/mol. The van der Waals surface area contributed by atoms with Crippen LogP contribution in [0.1, 0.15) is 26.2 Å². The highest BCUT2D eigenvalue weighted by Gasteiger charge is 2.25. The molecule has 1 fully saturated rings. The first-order valence-corrected chi connectivity index (χ1v) is 7.05. The van der Waals surface area contributed by atoms with Crippen LogP contribution in [0.25, 0.3) is 0 Å². The summed E-state index contributed by atoms with van der Waals surface area (Å²) in [6, 6.07) is 0.393. The normalized spacial score (nSPS) is 23.5. The topological polar surface area (TPSA) is 32.3 Å². The van der Waals surface area contributed by atoms with E-state index in [0.29, 0.717) is 6.04 Å². The number of hydrogen-bond donors (Lipinski definition) is 1. The van der Waals surface area contributed by atoms with E-state index in [4.69, 9.17) is 0 Å². The lowest BCUT2D eigenvalue weighted by atomic mass is 10.0. The van der Waals surface area contributed by atoms with E-state index < -0.39 is 0 Å². The summed E-state index contributed by atoms with van der Waals surface area (Å²) in [6.07, 6.45) is 5.45. The molecule has 0 bridgehead atoms. The second kappa shape index (κ2) is 6.38. The molecule has 0 aliphatic carbocycles. The first-order valence-electron chi connectivity index (χ1n) is 5.65. The van der Waals surface area contributed by atoms with Crippen molar-refractivity contribution in [2.75, 3.05) is 25.6 Å². The summed E-state index contributed by atoms with van der Waals surface area (Å²) in [6.45, 7) is 3.10. The number of carbonyl (C=O) groups is 1. The number of carbonyl (C=O) groups excluding carboxylic acids is 1. The first-order chi connectivity index (χ1) is 7.16. The second-order valence-corrected chi connectivity index (χ2v) is 5.17. The van der Waals surface area contributed by atoms with Crippen LogP contribution in [0.3, 0.4) is 0 Å². The van der Waals surface area contributed by atoms with Gasteiger partial charge in [-0.3, -0.25) is 4.79 Å². The summed E-state index contributed by atoms with van der Waals surface area (Å²) in [5.74, 6) is 1.27. The Balaban J connectivity index is 2.43. The van der Waals surface area contributed by atoms with E-state index in [2.05, 4.69) is 18.5 Å². The Hall–Kier alpha value is -0.220. The van der Waals surface area contributed by atoms with E-state index in [9.17, 15) is 4.79 Å². The first kappa shape index (κ1) is 12.8. The van der Waals surface area contributed by atoms with Crippen molar-refractivity contribution < 1.29 is 4.79 Å². The maximum Gasteiger partial charge on any atom is 0.239 e. The summed E-state index contributed by atoms with van der Waals surface area (Å²) in [5.41, 5.74) is 0. The van der Waals surface area contributed by atoms with Crippen LogP contribution in [-0.4, -0.2) is 48.5 Å². The highest BCUT2D eigenvalue weighted by Crippen LogP contribution is 2.12. The summed E-state index contributed by atoms with van der Waals surface area (Å²) in [7, 11) is 1.92. The van der Waals surface area contributed by atoms with Crippen LogP contribution >= 0.6 is 11.8 Å². The minimum absolute atomic E-state index is 0.0630. The summed E-state index contributed by atoms with van der Waals surface area (Å²) < 4.78 is 0. The molecular formula is C11H22N2OS. The van der Waals surface area contributed by atoms with Gasteiger partial charge in [-0.05, 0) is 32.6 Å². The fourth-order valence-corrected chi connectivity index (χ4v) is 2.58. The molecule has 0 aromatic rings. The molecule has 3 nitrogen and oxygen atoms in total. The third-order valence-corrected chi connectivity index (χ3v) is 3.84. The van der Waals surface area contributed by atoms with Gasteiger partial charge in [0.1, 0.15) is 0 Å². The molecule has 0 saturated carbocycles. The van der Waals surface area contributed by atoms with Crippen molar-refractivity contribution in [1.82, 2.24) is 10.2 Å². The van der Waals surface area contributed by atoms with Crippen molar-refractivity contribution in [3.63, 3.8) is 0 Å². The Morgan fingerprint density at radius 1 is 1.60 bits per heavy atom. The number of nitrogens with zero attached hydrogens (tertiary/aromatic N) is 1. The number of thioether (sulfide) groups is 1. The van der Waals surface area contributed by atoms with Crippen molar-refractivity contribution in [1.29, 1.82) is 0 Å². The smallest absolute Gasteiger partial charge is 0.239 e. The van der Waals surface area contributed by atoms with Gasteiger partial charge < -0.3 is 10.2 Å². The van der Waals surface area contributed by atoms with Gasteiger partial charge in [0.25, 0.3) is 0 Å². The van der Waals surface area contributed by atoms with Crippen LogP contribution in [0.5, 0.6) is 0 Å². The lowest BCUT2D eigenvalue weighted by Gasteiger charge is -2.31. The molecule has 1 aliphatic rings. The van der Waals surface area contributed by atoms with E-state index in [1.54, 1.807) is 11.8 Å². The lowest BCUT2D eigenvalue weighted by molar-refractivity contribution is -0.134. The molecule has 1 N–H and O–H groups in total. The minimum atomic E-state index is 0.0630. The number of piperidine rings is 1. The average Bonchev–Trinajstić information content (AvgIpc) is 2.28. The van der Waals surface area contributed by atoms with Crippen LogP contribution in [0.15, 0.2) is 0 Å². The molecule has 1 amide bonds. The Morgan fingerprint density at radius 3 is 2.87 bits per heavy atom. The van der Waals surface area contributed by atoms with Gasteiger partial charge >= 0.3 is 0 Å². The van der Waals surface area contributed by atoms with Gasteiger partial charge in [0.15, 0.2) is 0 Å². The zero-order valence-electron chi connectivity index (χ0n) is 9.95. The molecule has 1 aliphatic heterocycles. The molecule has 4 heteroatoms. The van der Waals surface area contributed by atoms with Gasteiger partial charge in [0, 0.05) is 18.8 Å². The monoisotopic (exact) mass is 230 g/mol. The third-order valence-electron chi connectivity index (χ3n) is 3.03. The van der Waals surface area contributed by atoms with Crippen molar-refractivity contribution in [3.8, 4) is 0 Å². The number of amides is 1. The molecule has 2 unspecified atom stereocenters. The predicted octanol–water partition coefficient (Wildman–Crippen LogP) is 1.34. The van der Waals surface area contributed by atoms with Crippen LogP contribution in [0, 0.1) is 0 Å². The van der Waals surface area contributed by atoms with E-state index in [-0.39, 0.29) is 11.9 Å². The second-order valence-electron chi connectivity index (χ2n) is 4.26. The van der Waals surface area contributed by atoms with Crippen LogP contribution in [0.4, 0.5) is 0 Å². The van der Waals surface area contributed by atoms with Gasteiger partial charge in [-0.15, -0.1) is 0 Å². The van der Waals surface area contributed by atoms with Crippen LogP contribution in [-0.2, 0) is 4.79 Å². The van der Waals surface area contributed by atoms with E-state index in [1.165, 1.54) is 12.8 Å². The molecule has 15 heavy (non-hydrogen) atoms. The quantitative estimate of drug-likeness (QED) is 0.791. The molecule has 1 rings (SSSR count). The Labute approximate surface area is 97.0 Å². The molecule has 1 saturated heterocycles. The van der Waals surface area contributed by atoms with Gasteiger partial charge in [0.05, 0.1) is 6.04 Å². The Morgan fingerprint density at radius 2 is 2.33 bits per heavy atom. The Kier molecular flexibility index (Phi) is 5.47. The van der Waals surface area contributed by atoms with Crippen molar-refractivity contribution in [2.45, 2.75) is 38.3 Å². The van der Waals surface area contributed by atoms with Gasteiger partial charge in [-0.25, -0.2) is 0 Å². The number of likely N-dealkylation sites (N-methyl/N-ethyl adjacent to an activating group) is 1. The fraction of sp³-hybridized carbons (Fsp3) is 0.909. The highest BCUT2D eigenvalue weighted by molar-refractivity contribution is 7.98. The van der Waals surface area contributed by atoms with Crippen molar-refractivity contribution >= 4 is 17.7 Å². The van der Waals surface area contributed by atoms with E-state index >= 15 is 0 Å². The zero-order valence-corrected chi connectivity index (χ0v) is 10.8. The summed E-state index contributed by atoms with van der Waals surface area (Å²) >= 11 is 1.79. The molecule has 1 heterocycles.